The molecule has 0 aliphatic rings. The van der Waals surface area contributed by atoms with Crippen LogP contribution in [0.15, 0.2) is 24.3 Å². The zero-order chi connectivity index (χ0) is 13.4. The number of Topliss-reactive ketones (excluding diaryl/α,β-unsaturated/α-hetero) is 1. The number of hydrogen-bond donors (Lipinski definition) is 0. The lowest BCUT2D eigenvalue weighted by Crippen LogP contribution is -2.06. The van der Waals surface area contributed by atoms with E-state index in [0.717, 1.165) is 25.0 Å². The van der Waals surface area contributed by atoms with Gasteiger partial charge >= 0.3 is 0 Å². The monoisotopic (exact) mass is 248 g/mol. The molecule has 0 unspecified atom stereocenters. The van der Waals surface area contributed by atoms with Crippen LogP contribution in [0.25, 0.3) is 0 Å². The van der Waals surface area contributed by atoms with Crippen LogP contribution in [0.3, 0.4) is 0 Å². The Morgan fingerprint density at radius 1 is 1.28 bits per heavy atom. The Bertz CT molecular complexity index is 369. The van der Waals surface area contributed by atoms with Gasteiger partial charge in [-0.15, -0.1) is 0 Å². The van der Waals surface area contributed by atoms with Crippen LogP contribution >= 0.6 is 0 Å². The maximum absolute atomic E-state index is 11.5. The summed E-state index contributed by atoms with van der Waals surface area (Å²) in [5.74, 6) is 1.48. The molecule has 0 heterocycles. The SMILES string of the molecule is CCOc1cccc(CCCCC(=O)C(C)C)c1. The van der Waals surface area contributed by atoms with Crippen LogP contribution in [-0.4, -0.2) is 12.4 Å². The average Bonchev–Trinajstić information content (AvgIpc) is 2.35. The molecule has 1 aromatic carbocycles. The second-order valence-corrected chi connectivity index (χ2v) is 4.91. The van der Waals surface area contributed by atoms with E-state index in [1.165, 1.54) is 5.56 Å². The summed E-state index contributed by atoms with van der Waals surface area (Å²) < 4.78 is 5.47. The fourth-order valence-corrected chi connectivity index (χ4v) is 1.87. The van der Waals surface area contributed by atoms with Crippen LogP contribution in [0.2, 0.25) is 0 Å². The van der Waals surface area contributed by atoms with E-state index in [0.29, 0.717) is 18.8 Å². The molecule has 0 saturated carbocycles. The van der Waals surface area contributed by atoms with Crippen LogP contribution in [-0.2, 0) is 11.2 Å². The largest absolute Gasteiger partial charge is 0.494 e. The zero-order valence-electron chi connectivity index (χ0n) is 11.7. The minimum atomic E-state index is 0.172. The minimum absolute atomic E-state index is 0.172. The molecule has 0 bridgehead atoms. The molecule has 0 aliphatic carbocycles. The maximum Gasteiger partial charge on any atom is 0.135 e. The number of rotatable bonds is 8. The summed E-state index contributed by atoms with van der Waals surface area (Å²) in [4.78, 5) is 11.5. The van der Waals surface area contributed by atoms with Crippen LogP contribution in [0.1, 0.15) is 45.6 Å². The van der Waals surface area contributed by atoms with Gasteiger partial charge in [-0.25, -0.2) is 0 Å². The predicted octanol–water partition coefficient (Wildman–Crippen LogP) is 4.02. The van der Waals surface area contributed by atoms with Crippen LogP contribution in [0.5, 0.6) is 5.75 Å². The Balaban J connectivity index is 2.30. The molecule has 0 radical (unpaired) electrons. The van der Waals surface area contributed by atoms with E-state index in [1.807, 2.05) is 32.9 Å². The average molecular weight is 248 g/mol. The van der Waals surface area contributed by atoms with Gasteiger partial charge in [-0.2, -0.15) is 0 Å². The molecule has 2 nitrogen and oxygen atoms in total. The minimum Gasteiger partial charge on any atom is -0.494 e. The molecular formula is C16H24O2. The molecule has 100 valence electrons. The van der Waals surface area contributed by atoms with Gasteiger partial charge in [-0.05, 0) is 43.9 Å². The quantitative estimate of drug-likeness (QED) is 0.649. The van der Waals surface area contributed by atoms with Crippen molar-refractivity contribution in [2.45, 2.75) is 46.5 Å². The fourth-order valence-electron chi connectivity index (χ4n) is 1.87. The van der Waals surface area contributed by atoms with Crippen LogP contribution < -0.4 is 4.74 Å². The van der Waals surface area contributed by atoms with Crippen molar-refractivity contribution in [1.29, 1.82) is 0 Å². The van der Waals surface area contributed by atoms with E-state index in [9.17, 15) is 4.79 Å². The molecule has 0 fully saturated rings. The van der Waals surface area contributed by atoms with E-state index >= 15 is 0 Å². The number of benzene rings is 1. The third-order valence-electron chi connectivity index (χ3n) is 2.99. The van der Waals surface area contributed by atoms with E-state index in [4.69, 9.17) is 4.74 Å². The lowest BCUT2D eigenvalue weighted by atomic mass is 10.0. The highest BCUT2D eigenvalue weighted by Gasteiger charge is 2.06. The Morgan fingerprint density at radius 3 is 2.72 bits per heavy atom. The Morgan fingerprint density at radius 2 is 2.06 bits per heavy atom. The lowest BCUT2D eigenvalue weighted by molar-refractivity contribution is -0.122. The first kappa shape index (κ1) is 14.7. The number of ketones is 1. The van der Waals surface area contributed by atoms with Gasteiger partial charge in [-0.1, -0.05) is 26.0 Å². The van der Waals surface area contributed by atoms with E-state index in [2.05, 4.69) is 12.1 Å². The summed E-state index contributed by atoms with van der Waals surface area (Å²) in [6.07, 6.45) is 3.78. The fraction of sp³-hybridized carbons (Fsp3) is 0.562. The van der Waals surface area contributed by atoms with E-state index < -0.39 is 0 Å². The normalized spacial score (nSPS) is 10.7. The highest BCUT2D eigenvalue weighted by molar-refractivity contribution is 5.80. The van der Waals surface area contributed by atoms with E-state index in [-0.39, 0.29) is 5.92 Å². The molecule has 2 heteroatoms. The summed E-state index contributed by atoms with van der Waals surface area (Å²) in [5, 5.41) is 0. The molecule has 0 spiro atoms. The summed E-state index contributed by atoms with van der Waals surface area (Å²) in [6, 6.07) is 8.22. The third-order valence-corrected chi connectivity index (χ3v) is 2.99. The van der Waals surface area contributed by atoms with Crippen molar-refractivity contribution < 1.29 is 9.53 Å². The summed E-state index contributed by atoms with van der Waals surface area (Å²) >= 11 is 0. The molecule has 0 aromatic heterocycles. The Labute approximate surface area is 110 Å². The van der Waals surface area contributed by atoms with E-state index in [1.54, 1.807) is 0 Å². The van der Waals surface area contributed by atoms with Crippen LogP contribution in [0.4, 0.5) is 0 Å². The molecule has 0 amide bonds. The molecular weight excluding hydrogens is 224 g/mol. The first-order chi connectivity index (χ1) is 8.63. The van der Waals surface area contributed by atoms with Gasteiger partial charge in [0.25, 0.3) is 0 Å². The molecule has 0 saturated heterocycles. The van der Waals surface area contributed by atoms with Crippen molar-refractivity contribution in [1.82, 2.24) is 0 Å². The topological polar surface area (TPSA) is 26.3 Å². The first-order valence-corrected chi connectivity index (χ1v) is 6.88. The molecule has 1 rings (SSSR count). The van der Waals surface area contributed by atoms with Crippen molar-refractivity contribution >= 4 is 5.78 Å². The molecule has 0 N–H and O–H groups in total. The smallest absolute Gasteiger partial charge is 0.135 e. The molecule has 0 atom stereocenters. The number of carbonyl (C=O) groups excluding carboxylic acids is 1. The highest BCUT2D eigenvalue weighted by Crippen LogP contribution is 2.16. The first-order valence-electron chi connectivity index (χ1n) is 6.88. The van der Waals surface area contributed by atoms with Gasteiger partial charge in [0.15, 0.2) is 0 Å². The van der Waals surface area contributed by atoms with Crippen molar-refractivity contribution in [2.24, 2.45) is 5.92 Å². The van der Waals surface area contributed by atoms with Crippen molar-refractivity contribution in [2.75, 3.05) is 6.61 Å². The number of hydrogen-bond acceptors (Lipinski definition) is 2. The standard InChI is InChI=1S/C16H24O2/c1-4-18-15-10-7-9-14(12-15)8-5-6-11-16(17)13(2)3/h7,9-10,12-13H,4-6,8,11H2,1-3H3. The Kier molecular flexibility index (Phi) is 6.48. The van der Waals surface area contributed by atoms with Crippen molar-refractivity contribution in [3.8, 4) is 5.75 Å². The number of ether oxygens (including phenoxy) is 1. The third kappa shape index (κ3) is 5.35. The molecule has 18 heavy (non-hydrogen) atoms. The lowest BCUT2D eigenvalue weighted by Gasteiger charge is -2.06. The van der Waals surface area contributed by atoms with Crippen LogP contribution in [0, 0.1) is 5.92 Å². The predicted molar refractivity (Wildman–Crippen MR) is 75.0 cm³/mol. The second kappa shape index (κ2) is 7.91. The molecule has 1 aromatic rings. The zero-order valence-corrected chi connectivity index (χ0v) is 11.7. The number of carbonyl (C=O) groups is 1. The molecule has 0 aliphatic heterocycles. The maximum atomic E-state index is 11.5. The second-order valence-electron chi connectivity index (χ2n) is 4.91. The Hall–Kier alpha value is -1.31. The van der Waals surface area contributed by atoms with Gasteiger partial charge in [0.1, 0.15) is 11.5 Å². The van der Waals surface area contributed by atoms with Gasteiger partial charge in [0.2, 0.25) is 0 Å². The van der Waals surface area contributed by atoms with Crippen molar-refractivity contribution in [3.63, 3.8) is 0 Å². The summed E-state index contributed by atoms with van der Waals surface area (Å²) in [6.45, 7) is 6.62. The van der Waals surface area contributed by atoms with Gasteiger partial charge < -0.3 is 4.74 Å². The van der Waals surface area contributed by atoms with Crippen molar-refractivity contribution in [3.05, 3.63) is 29.8 Å². The van der Waals surface area contributed by atoms with Gasteiger partial charge in [-0.3, -0.25) is 4.79 Å². The summed E-state index contributed by atoms with van der Waals surface area (Å²) in [5.41, 5.74) is 1.29. The summed E-state index contributed by atoms with van der Waals surface area (Å²) in [7, 11) is 0. The number of unbranched alkanes of at least 4 members (excludes halogenated alkanes) is 1. The van der Waals surface area contributed by atoms with Gasteiger partial charge in [0.05, 0.1) is 6.61 Å². The highest BCUT2D eigenvalue weighted by atomic mass is 16.5. The number of aryl methyl sites for hydroxylation is 1. The van der Waals surface area contributed by atoms with Gasteiger partial charge in [0, 0.05) is 12.3 Å².